The van der Waals surface area contributed by atoms with Gasteiger partial charge in [-0.1, -0.05) is 18.2 Å². The van der Waals surface area contributed by atoms with Crippen LogP contribution in [0.3, 0.4) is 0 Å². The number of hydrogen-bond acceptors (Lipinski definition) is 5. The van der Waals surface area contributed by atoms with Gasteiger partial charge in [0.2, 0.25) is 15.9 Å². The predicted molar refractivity (Wildman–Crippen MR) is 107 cm³/mol. The molecule has 9 heteroatoms. The number of benzene rings is 2. The standard InChI is InChI=1S/C21H21FN2O5S/c22-15-8-10-18(11-9-15)30(27,28)23(14-17-7-4-12-29-17)19-13-20(25)24(21(19)26)16-5-2-1-3-6-16/h1-3,5-6,8-11,17,19H,4,7,12-14H2. The number of ether oxygens (including phenoxy) is 1. The predicted octanol–water partition coefficient (Wildman–Crippen LogP) is 2.33. The van der Waals surface area contributed by atoms with Crippen molar-refractivity contribution in [1.29, 1.82) is 0 Å². The Morgan fingerprint density at radius 3 is 2.40 bits per heavy atom. The summed E-state index contributed by atoms with van der Waals surface area (Å²) in [5.41, 5.74) is 0.395. The highest BCUT2D eigenvalue weighted by atomic mass is 32.2. The Bertz CT molecular complexity index is 1040. The van der Waals surface area contributed by atoms with Gasteiger partial charge in [0.05, 0.1) is 23.1 Å². The van der Waals surface area contributed by atoms with Crippen molar-refractivity contribution in [3.63, 3.8) is 0 Å². The summed E-state index contributed by atoms with van der Waals surface area (Å²) >= 11 is 0. The highest BCUT2D eigenvalue weighted by Gasteiger charge is 2.47. The molecule has 2 saturated heterocycles. The van der Waals surface area contributed by atoms with E-state index in [9.17, 15) is 22.4 Å². The zero-order valence-electron chi connectivity index (χ0n) is 16.1. The van der Waals surface area contributed by atoms with Crippen LogP contribution >= 0.6 is 0 Å². The van der Waals surface area contributed by atoms with Crippen molar-refractivity contribution in [2.75, 3.05) is 18.1 Å². The molecular formula is C21H21FN2O5S. The highest BCUT2D eigenvalue weighted by molar-refractivity contribution is 7.89. The Kier molecular flexibility index (Phi) is 5.68. The van der Waals surface area contributed by atoms with Crippen molar-refractivity contribution < 1.29 is 27.1 Å². The van der Waals surface area contributed by atoms with E-state index >= 15 is 0 Å². The number of anilines is 1. The lowest BCUT2D eigenvalue weighted by Gasteiger charge is -2.28. The van der Waals surface area contributed by atoms with Gasteiger partial charge in [-0.15, -0.1) is 0 Å². The zero-order valence-corrected chi connectivity index (χ0v) is 16.9. The van der Waals surface area contributed by atoms with Gasteiger partial charge in [-0.05, 0) is 49.2 Å². The normalized spacial score (nSPS) is 22.3. The summed E-state index contributed by atoms with van der Waals surface area (Å²) in [6.07, 6.45) is 0.824. The number of rotatable bonds is 6. The summed E-state index contributed by atoms with van der Waals surface area (Å²) < 4.78 is 46.7. The first kappa shape index (κ1) is 20.6. The summed E-state index contributed by atoms with van der Waals surface area (Å²) in [5, 5.41) is 0. The Labute approximate surface area is 174 Å². The van der Waals surface area contributed by atoms with Crippen molar-refractivity contribution in [3.05, 3.63) is 60.4 Å². The third kappa shape index (κ3) is 3.88. The topological polar surface area (TPSA) is 84.0 Å². The molecule has 0 radical (unpaired) electrons. The fourth-order valence-electron chi connectivity index (χ4n) is 3.81. The molecule has 7 nitrogen and oxygen atoms in total. The monoisotopic (exact) mass is 432 g/mol. The van der Waals surface area contributed by atoms with Gasteiger partial charge in [0.15, 0.2) is 0 Å². The van der Waals surface area contributed by atoms with Gasteiger partial charge in [0.25, 0.3) is 5.91 Å². The highest BCUT2D eigenvalue weighted by Crippen LogP contribution is 2.30. The molecule has 4 rings (SSSR count). The Morgan fingerprint density at radius 1 is 1.07 bits per heavy atom. The lowest BCUT2D eigenvalue weighted by atomic mass is 10.2. The van der Waals surface area contributed by atoms with E-state index in [1.54, 1.807) is 30.3 Å². The number of carbonyl (C=O) groups excluding carboxylic acids is 2. The molecule has 158 valence electrons. The molecule has 2 unspecified atom stereocenters. The molecule has 0 bridgehead atoms. The molecule has 0 N–H and O–H groups in total. The van der Waals surface area contributed by atoms with E-state index in [4.69, 9.17) is 4.74 Å². The average molecular weight is 432 g/mol. The van der Waals surface area contributed by atoms with Crippen LogP contribution < -0.4 is 4.90 Å². The molecule has 30 heavy (non-hydrogen) atoms. The quantitative estimate of drug-likeness (QED) is 0.655. The van der Waals surface area contributed by atoms with Gasteiger partial charge in [-0.25, -0.2) is 17.7 Å². The van der Waals surface area contributed by atoms with Gasteiger partial charge in [0, 0.05) is 13.2 Å². The molecule has 2 aromatic rings. The third-order valence-electron chi connectivity index (χ3n) is 5.31. The molecule has 2 amide bonds. The van der Waals surface area contributed by atoms with Crippen LogP contribution in [-0.4, -0.2) is 49.8 Å². The average Bonchev–Trinajstić information content (AvgIpc) is 3.34. The third-order valence-corrected chi connectivity index (χ3v) is 7.20. The van der Waals surface area contributed by atoms with Crippen LogP contribution in [-0.2, 0) is 24.3 Å². The minimum atomic E-state index is -4.16. The number of sulfonamides is 1. The second kappa shape index (κ2) is 8.25. The Balaban J connectivity index is 1.70. The lowest BCUT2D eigenvalue weighted by Crippen LogP contribution is -2.48. The smallest absolute Gasteiger partial charge is 0.252 e. The second-order valence-electron chi connectivity index (χ2n) is 7.29. The fourth-order valence-corrected chi connectivity index (χ4v) is 5.43. The van der Waals surface area contributed by atoms with Gasteiger partial charge in [-0.2, -0.15) is 4.31 Å². The largest absolute Gasteiger partial charge is 0.377 e. The van der Waals surface area contributed by atoms with Gasteiger partial charge in [0.1, 0.15) is 11.9 Å². The summed E-state index contributed by atoms with van der Waals surface area (Å²) in [7, 11) is -4.16. The van der Waals surface area contributed by atoms with E-state index in [0.717, 1.165) is 39.9 Å². The van der Waals surface area contributed by atoms with E-state index < -0.39 is 33.7 Å². The second-order valence-corrected chi connectivity index (χ2v) is 9.18. The van der Waals surface area contributed by atoms with Crippen LogP contribution in [0, 0.1) is 5.82 Å². The van der Waals surface area contributed by atoms with Crippen LogP contribution in [0.25, 0.3) is 0 Å². The van der Waals surface area contributed by atoms with Crippen LogP contribution in [0.2, 0.25) is 0 Å². The van der Waals surface area contributed by atoms with Gasteiger partial charge >= 0.3 is 0 Å². The van der Waals surface area contributed by atoms with Crippen LogP contribution in [0.5, 0.6) is 0 Å². The number of halogens is 1. The first-order valence-corrected chi connectivity index (χ1v) is 11.1. The van der Waals surface area contributed by atoms with Crippen LogP contribution in [0.15, 0.2) is 59.5 Å². The maximum atomic E-state index is 13.4. The Hall–Kier alpha value is -2.62. The van der Waals surface area contributed by atoms with E-state index in [1.807, 2.05) is 0 Å². The molecule has 0 saturated carbocycles. The van der Waals surface area contributed by atoms with Gasteiger partial charge < -0.3 is 4.74 Å². The number of hydrogen-bond donors (Lipinski definition) is 0. The minimum Gasteiger partial charge on any atom is -0.377 e. The van der Waals surface area contributed by atoms with Crippen molar-refractivity contribution in [1.82, 2.24) is 4.31 Å². The van der Waals surface area contributed by atoms with E-state index in [0.29, 0.717) is 18.7 Å². The summed E-state index contributed by atoms with van der Waals surface area (Å²) in [5.74, 6) is -1.64. The first-order valence-electron chi connectivity index (χ1n) is 9.69. The first-order chi connectivity index (χ1) is 14.4. The van der Waals surface area contributed by atoms with E-state index in [2.05, 4.69) is 0 Å². The van der Waals surface area contributed by atoms with E-state index in [1.165, 1.54) is 0 Å². The molecule has 2 aromatic carbocycles. The molecule has 2 aliphatic rings. The maximum absolute atomic E-state index is 13.4. The fraction of sp³-hybridized carbons (Fsp3) is 0.333. The van der Waals surface area contributed by atoms with Crippen LogP contribution in [0.1, 0.15) is 19.3 Å². The number of nitrogens with zero attached hydrogens (tertiary/aromatic N) is 2. The molecule has 0 aliphatic carbocycles. The summed E-state index contributed by atoms with van der Waals surface area (Å²) in [6.45, 7) is 0.467. The zero-order chi connectivity index (χ0) is 21.3. The molecule has 0 aromatic heterocycles. The molecular weight excluding hydrogens is 411 g/mol. The van der Waals surface area contributed by atoms with Crippen molar-refractivity contribution >= 4 is 27.5 Å². The van der Waals surface area contributed by atoms with Crippen molar-refractivity contribution in [2.24, 2.45) is 0 Å². The number of carbonyl (C=O) groups is 2. The number of amides is 2. The molecule has 2 atom stereocenters. The number of imide groups is 1. The lowest BCUT2D eigenvalue weighted by molar-refractivity contribution is -0.122. The minimum absolute atomic E-state index is 0.0496. The van der Waals surface area contributed by atoms with E-state index in [-0.39, 0.29) is 24.0 Å². The number of para-hydroxylation sites is 1. The molecule has 2 heterocycles. The molecule has 2 aliphatic heterocycles. The maximum Gasteiger partial charge on any atom is 0.252 e. The van der Waals surface area contributed by atoms with Crippen molar-refractivity contribution in [2.45, 2.75) is 36.3 Å². The summed E-state index contributed by atoms with van der Waals surface area (Å²) in [6, 6.07) is 11.6. The van der Waals surface area contributed by atoms with Gasteiger partial charge in [-0.3, -0.25) is 9.59 Å². The molecule has 0 spiro atoms. The molecule has 2 fully saturated rings. The van der Waals surface area contributed by atoms with Crippen LogP contribution in [0.4, 0.5) is 10.1 Å². The summed E-state index contributed by atoms with van der Waals surface area (Å²) in [4.78, 5) is 26.7. The SMILES string of the molecule is O=C1CC(N(CC2CCCO2)S(=O)(=O)c2ccc(F)cc2)C(=O)N1c1ccccc1. The Morgan fingerprint density at radius 2 is 1.77 bits per heavy atom. The van der Waals surface area contributed by atoms with Crippen molar-refractivity contribution in [3.8, 4) is 0 Å².